The van der Waals surface area contributed by atoms with Crippen molar-refractivity contribution in [2.75, 3.05) is 46.4 Å². The smallest absolute Gasteiger partial charge is 0.194 e. The molecule has 1 aliphatic heterocycles. The van der Waals surface area contributed by atoms with Gasteiger partial charge in [-0.25, -0.2) is 4.99 Å². The molecule has 0 unspecified atom stereocenters. The summed E-state index contributed by atoms with van der Waals surface area (Å²) in [4.78, 5) is 9.96. The Balaban J connectivity index is 0.00000341. The first-order chi connectivity index (χ1) is 14.5. The van der Waals surface area contributed by atoms with E-state index in [-0.39, 0.29) is 24.0 Å². The van der Waals surface area contributed by atoms with Crippen LogP contribution >= 0.6 is 24.0 Å². The van der Waals surface area contributed by atoms with E-state index in [0.717, 1.165) is 68.2 Å². The van der Waals surface area contributed by atoms with Crippen LogP contribution in [0.15, 0.2) is 4.99 Å². The fourth-order valence-electron chi connectivity index (χ4n) is 4.70. The minimum absolute atomic E-state index is 0. The number of nitrogens with zero attached hydrogens (tertiary/aromatic N) is 6. The van der Waals surface area contributed by atoms with Crippen molar-refractivity contribution in [2.24, 2.45) is 23.9 Å². The van der Waals surface area contributed by atoms with Crippen molar-refractivity contribution >= 4 is 29.9 Å². The van der Waals surface area contributed by atoms with Gasteiger partial charge in [-0.2, -0.15) is 0 Å². The highest BCUT2D eigenvalue weighted by atomic mass is 127. The molecule has 1 aromatic heterocycles. The molecule has 31 heavy (non-hydrogen) atoms. The normalized spacial score (nSPS) is 23.2. The van der Waals surface area contributed by atoms with Crippen LogP contribution in [0.5, 0.6) is 0 Å². The predicted octanol–water partition coefficient (Wildman–Crippen LogP) is 2.67. The van der Waals surface area contributed by atoms with E-state index in [1.165, 1.54) is 25.7 Å². The molecule has 1 N–H and O–H groups in total. The van der Waals surface area contributed by atoms with Gasteiger partial charge in [-0.15, -0.1) is 34.2 Å². The zero-order valence-electron chi connectivity index (χ0n) is 20.0. The molecule has 0 atom stereocenters. The zero-order valence-corrected chi connectivity index (χ0v) is 22.3. The van der Waals surface area contributed by atoms with Crippen molar-refractivity contribution in [1.29, 1.82) is 0 Å². The molecule has 8 nitrogen and oxygen atoms in total. The van der Waals surface area contributed by atoms with Crippen LogP contribution in [-0.2, 0) is 18.3 Å². The van der Waals surface area contributed by atoms with Crippen LogP contribution in [-0.4, -0.2) is 83.0 Å². The topological polar surface area (TPSA) is 70.8 Å². The summed E-state index contributed by atoms with van der Waals surface area (Å²) in [5.74, 6) is 4.51. The lowest BCUT2D eigenvalue weighted by atomic mass is 9.79. The third-order valence-corrected chi connectivity index (χ3v) is 6.96. The molecule has 2 heterocycles. The van der Waals surface area contributed by atoms with Crippen molar-refractivity contribution in [3.8, 4) is 0 Å². The summed E-state index contributed by atoms with van der Waals surface area (Å²) in [6, 6.07) is 0.769. The van der Waals surface area contributed by atoms with Crippen molar-refractivity contribution < 1.29 is 4.74 Å². The van der Waals surface area contributed by atoms with Gasteiger partial charge in [0.15, 0.2) is 11.8 Å². The van der Waals surface area contributed by atoms with Crippen molar-refractivity contribution in [3.63, 3.8) is 0 Å². The van der Waals surface area contributed by atoms with Gasteiger partial charge in [0.1, 0.15) is 12.4 Å². The summed E-state index contributed by atoms with van der Waals surface area (Å²) in [5, 5.41) is 11.9. The van der Waals surface area contributed by atoms with Crippen LogP contribution in [0.4, 0.5) is 0 Å². The number of piperazine rings is 1. The first-order valence-corrected chi connectivity index (χ1v) is 11.6. The van der Waals surface area contributed by atoms with Crippen LogP contribution in [0.2, 0.25) is 0 Å². The first kappa shape index (κ1) is 26.3. The maximum absolute atomic E-state index is 5.22. The molecule has 3 rings (SSSR count). The summed E-state index contributed by atoms with van der Waals surface area (Å²) >= 11 is 0. The van der Waals surface area contributed by atoms with E-state index in [2.05, 4.69) is 39.2 Å². The Hall–Kier alpha value is -0.940. The number of aliphatic imine (C=N–C) groups is 1. The summed E-state index contributed by atoms with van der Waals surface area (Å²) in [6.07, 6.45) is 5.51. The lowest BCUT2D eigenvalue weighted by molar-refractivity contribution is 0.0861. The lowest BCUT2D eigenvalue weighted by Crippen LogP contribution is -2.55. The van der Waals surface area contributed by atoms with Gasteiger partial charge in [-0.05, 0) is 44.4 Å². The molecule has 0 radical (unpaired) electrons. The maximum Gasteiger partial charge on any atom is 0.194 e. The number of rotatable bonds is 7. The number of nitrogens with one attached hydrogen (secondary N) is 1. The van der Waals surface area contributed by atoms with Crippen LogP contribution < -0.4 is 5.32 Å². The fraction of sp³-hybridized carbons (Fsp3) is 0.864. The molecule has 2 fully saturated rings. The van der Waals surface area contributed by atoms with Crippen LogP contribution in [0.1, 0.15) is 51.2 Å². The SMILES string of the molecule is COCCNC(=NCc1nnc(C)n1C)N1CCN(C2CCC(C(C)C)CC2)CC1.I. The molecule has 1 saturated heterocycles. The fourth-order valence-corrected chi connectivity index (χ4v) is 4.70. The van der Waals surface area contributed by atoms with Crippen LogP contribution in [0.3, 0.4) is 0 Å². The third-order valence-electron chi connectivity index (χ3n) is 6.96. The number of ether oxygens (including phenoxy) is 1. The molecular formula is C22H42IN7O. The van der Waals surface area contributed by atoms with Gasteiger partial charge in [0.25, 0.3) is 0 Å². The van der Waals surface area contributed by atoms with E-state index in [1.54, 1.807) is 7.11 Å². The number of aromatic nitrogens is 3. The van der Waals surface area contributed by atoms with E-state index in [1.807, 2.05) is 18.5 Å². The second-order valence-electron chi connectivity index (χ2n) is 9.12. The van der Waals surface area contributed by atoms with E-state index in [9.17, 15) is 0 Å². The number of hydrogen-bond acceptors (Lipinski definition) is 5. The molecule has 178 valence electrons. The summed E-state index contributed by atoms with van der Waals surface area (Å²) < 4.78 is 7.22. The molecule has 2 aliphatic rings. The largest absolute Gasteiger partial charge is 0.383 e. The van der Waals surface area contributed by atoms with Crippen molar-refractivity contribution in [3.05, 3.63) is 11.6 Å². The van der Waals surface area contributed by atoms with Gasteiger partial charge >= 0.3 is 0 Å². The zero-order chi connectivity index (χ0) is 21.5. The van der Waals surface area contributed by atoms with Gasteiger partial charge in [0.05, 0.1) is 6.61 Å². The van der Waals surface area contributed by atoms with Crippen LogP contribution in [0.25, 0.3) is 0 Å². The number of aryl methyl sites for hydroxylation is 1. The van der Waals surface area contributed by atoms with E-state index in [0.29, 0.717) is 13.2 Å². The van der Waals surface area contributed by atoms with E-state index in [4.69, 9.17) is 9.73 Å². The van der Waals surface area contributed by atoms with Gasteiger partial charge < -0.3 is 19.5 Å². The van der Waals surface area contributed by atoms with Gasteiger partial charge in [-0.3, -0.25) is 4.90 Å². The highest BCUT2D eigenvalue weighted by Crippen LogP contribution is 2.32. The molecule has 0 bridgehead atoms. The van der Waals surface area contributed by atoms with E-state index >= 15 is 0 Å². The Morgan fingerprint density at radius 3 is 2.35 bits per heavy atom. The maximum atomic E-state index is 5.22. The average Bonchev–Trinajstić information content (AvgIpc) is 3.08. The Kier molecular flexibility index (Phi) is 11.0. The first-order valence-electron chi connectivity index (χ1n) is 11.6. The Bertz CT molecular complexity index is 677. The highest BCUT2D eigenvalue weighted by Gasteiger charge is 2.30. The summed E-state index contributed by atoms with van der Waals surface area (Å²) in [5.41, 5.74) is 0. The van der Waals surface area contributed by atoms with Gasteiger partial charge in [0, 0.05) is 52.9 Å². The molecule has 0 spiro atoms. The number of hydrogen-bond donors (Lipinski definition) is 1. The van der Waals surface area contributed by atoms with Gasteiger partial charge in [0.2, 0.25) is 0 Å². The second kappa shape index (κ2) is 12.9. The summed E-state index contributed by atoms with van der Waals surface area (Å²) in [7, 11) is 3.72. The number of methoxy groups -OCH3 is 1. The van der Waals surface area contributed by atoms with E-state index < -0.39 is 0 Å². The Labute approximate surface area is 205 Å². The quantitative estimate of drug-likeness (QED) is 0.245. The Morgan fingerprint density at radius 2 is 1.81 bits per heavy atom. The number of guanidine groups is 1. The summed E-state index contributed by atoms with van der Waals surface area (Å²) in [6.45, 7) is 12.9. The molecule has 1 saturated carbocycles. The van der Waals surface area contributed by atoms with Gasteiger partial charge in [-0.1, -0.05) is 13.8 Å². The second-order valence-corrected chi connectivity index (χ2v) is 9.12. The minimum Gasteiger partial charge on any atom is -0.383 e. The molecular weight excluding hydrogens is 505 g/mol. The highest BCUT2D eigenvalue weighted by molar-refractivity contribution is 14.0. The third kappa shape index (κ3) is 7.28. The minimum atomic E-state index is 0. The molecule has 0 amide bonds. The van der Waals surface area contributed by atoms with Crippen LogP contribution in [0, 0.1) is 18.8 Å². The standard InChI is InChI=1S/C22H41N7O.HI/c1-17(2)19-6-8-20(9-7-19)28-11-13-29(14-12-28)22(23-10-15-30-5)24-16-21-26-25-18(3)27(21)4;/h17,19-20H,6-16H2,1-5H3,(H,23,24);1H. The average molecular weight is 548 g/mol. The molecule has 1 aromatic rings. The molecule has 1 aliphatic carbocycles. The Morgan fingerprint density at radius 1 is 1.13 bits per heavy atom. The molecule has 0 aromatic carbocycles. The lowest BCUT2D eigenvalue weighted by Gasteiger charge is -2.43. The predicted molar refractivity (Wildman–Crippen MR) is 136 cm³/mol. The monoisotopic (exact) mass is 547 g/mol. The van der Waals surface area contributed by atoms with Crippen molar-refractivity contribution in [2.45, 2.75) is 59.0 Å². The van der Waals surface area contributed by atoms with Crippen molar-refractivity contribution in [1.82, 2.24) is 29.9 Å². The molecule has 9 heteroatoms. The number of halogens is 1.